The summed E-state index contributed by atoms with van der Waals surface area (Å²) in [6, 6.07) is 0. The van der Waals surface area contributed by atoms with Gasteiger partial charge in [0.1, 0.15) is 0 Å². The van der Waals surface area contributed by atoms with Gasteiger partial charge in [-0.15, -0.1) is 0 Å². The lowest BCUT2D eigenvalue weighted by atomic mass is 9.74. The van der Waals surface area contributed by atoms with E-state index in [0.717, 1.165) is 12.8 Å². The van der Waals surface area contributed by atoms with Gasteiger partial charge >= 0.3 is 5.97 Å². The van der Waals surface area contributed by atoms with Crippen LogP contribution in [-0.4, -0.2) is 48.2 Å². The van der Waals surface area contributed by atoms with Crippen molar-refractivity contribution in [2.75, 3.05) is 26.3 Å². The van der Waals surface area contributed by atoms with Crippen LogP contribution in [0.1, 0.15) is 51.9 Å². The van der Waals surface area contributed by atoms with Gasteiger partial charge in [0.15, 0.2) is 0 Å². The number of rotatable bonds is 5. The number of carbonyl (C=O) groups is 2. The molecule has 23 heavy (non-hydrogen) atoms. The largest absolute Gasteiger partial charge is 0.481 e. The number of ether oxygens (including phenoxy) is 1. The van der Waals surface area contributed by atoms with Gasteiger partial charge in [0.25, 0.3) is 0 Å². The van der Waals surface area contributed by atoms with Crippen LogP contribution < -0.4 is 0 Å². The molecule has 3 atom stereocenters. The molecule has 2 aliphatic heterocycles. The first kappa shape index (κ1) is 16.7. The zero-order valence-corrected chi connectivity index (χ0v) is 14.1. The topological polar surface area (TPSA) is 66.8 Å². The van der Waals surface area contributed by atoms with Gasteiger partial charge in [0, 0.05) is 31.5 Å². The Labute approximate surface area is 138 Å². The van der Waals surface area contributed by atoms with Crippen molar-refractivity contribution in [2.24, 2.45) is 23.2 Å². The lowest BCUT2D eigenvalue weighted by molar-refractivity contribution is -0.157. The van der Waals surface area contributed by atoms with E-state index in [0.29, 0.717) is 38.6 Å². The minimum Gasteiger partial charge on any atom is -0.481 e. The predicted octanol–water partition coefficient (Wildman–Crippen LogP) is 2.54. The fourth-order valence-corrected chi connectivity index (χ4v) is 4.82. The summed E-state index contributed by atoms with van der Waals surface area (Å²) in [4.78, 5) is 26.6. The SMILES string of the molecule is CCC(CC1CCCC1)C(=O)N1C[C@H]2COCC[C@@]2(C(=O)O)C1. The molecule has 3 aliphatic rings. The van der Waals surface area contributed by atoms with Crippen LogP contribution in [0.3, 0.4) is 0 Å². The van der Waals surface area contributed by atoms with Gasteiger partial charge in [-0.3, -0.25) is 9.59 Å². The van der Waals surface area contributed by atoms with Crippen molar-refractivity contribution in [2.45, 2.75) is 51.9 Å². The monoisotopic (exact) mass is 323 g/mol. The Morgan fingerprint density at radius 3 is 2.70 bits per heavy atom. The van der Waals surface area contributed by atoms with E-state index in [1.807, 2.05) is 4.90 Å². The van der Waals surface area contributed by atoms with E-state index < -0.39 is 11.4 Å². The molecule has 1 unspecified atom stereocenters. The molecule has 3 rings (SSSR count). The zero-order valence-electron chi connectivity index (χ0n) is 14.1. The van der Waals surface area contributed by atoms with Crippen molar-refractivity contribution in [3.05, 3.63) is 0 Å². The molecule has 1 N–H and O–H groups in total. The van der Waals surface area contributed by atoms with Gasteiger partial charge in [0.05, 0.1) is 12.0 Å². The third-order valence-corrected chi connectivity index (χ3v) is 6.38. The molecular weight excluding hydrogens is 294 g/mol. The highest BCUT2D eigenvalue weighted by atomic mass is 16.5. The van der Waals surface area contributed by atoms with Crippen LogP contribution in [0.2, 0.25) is 0 Å². The molecule has 1 aliphatic carbocycles. The van der Waals surface area contributed by atoms with E-state index in [4.69, 9.17) is 4.74 Å². The molecule has 0 aromatic carbocycles. The molecule has 0 radical (unpaired) electrons. The summed E-state index contributed by atoms with van der Waals surface area (Å²) >= 11 is 0. The van der Waals surface area contributed by atoms with Crippen LogP contribution in [-0.2, 0) is 14.3 Å². The summed E-state index contributed by atoms with van der Waals surface area (Å²) in [6.07, 6.45) is 7.44. The Kier molecular flexibility index (Phi) is 4.95. The molecule has 3 fully saturated rings. The van der Waals surface area contributed by atoms with Gasteiger partial charge in [-0.1, -0.05) is 32.6 Å². The summed E-state index contributed by atoms with van der Waals surface area (Å²) < 4.78 is 5.48. The normalized spacial score (nSPS) is 32.7. The van der Waals surface area contributed by atoms with Crippen LogP contribution in [0.15, 0.2) is 0 Å². The molecule has 0 spiro atoms. The molecular formula is C18H29NO4. The van der Waals surface area contributed by atoms with Crippen LogP contribution in [0.4, 0.5) is 0 Å². The van der Waals surface area contributed by atoms with Crippen LogP contribution in [0.5, 0.6) is 0 Å². The Bertz CT molecular complexity index is 460. The van der Waals surface area contributed by atoms with Crippen molar-refractivity contribution in [1.29, 1.82) is 0 Å². The maximum absolute atomic E-state index is 13.0. The van der Waals surface area contributed by atoms with E-state index in [9.17, 15) is 14.7 Å². The smallest absolute Gasteiger partial charge is 0.311 e. The van der Waals surface area contributed by atoms with Crippen molar-refractivity contribution in [3.8, 4) is 0 Å². The summed E-state index contributed by atoms with van der Waals surface area (Å²) in [5, 5.41) is 9.73. The minimum atomic E-state index is -0.778. The number of likely N-dealkylation sites (tertiary alicyclic amines) is 1. The second-order valence-electron chi connectivity index (χ2n) is 7.69. The fourth-order valence-electron chi connectivity index (χ4n) is 4.82. The second kappa shape index (κ2) is 6.80. The van der Waals surface area contributed by atoms with Crippen molar-refractivity contribution < 1.29 is 19.4 Å². The first-order valence-electron chi connectivity index (χ1n) is 9.16. The third-order valence-electron chi connectivity index (χ3n) is 6.38. The standard InChI is InChI=1S/C18H29NO4/c1-2-14(9-13-5-3-4-6-13)16(20)19-10-15-11-23-8-7-18(15,12-19)17(21)22/h13-15H,2-12H2,1H3,(H,21,22)/t14?,15-,18+/m0/s1. The van der Waals surface area contributed by atoms with Gasteiger partial charge < -0.3 is 14.7 Å². The van der Waals surface area contributed by atoms with Gasteiger partial charge in [-0.25, -0.2) is 0 Å². The molecule has 130 valence electrons. The fraction of sp³-hybridized carbons (Fsp3) is 0.889. The van der Waals surface area contributed by atoms with Crippen LogP contribution in [0, 0.1) is 23.2 Å². The molecule has 1 saturated carbocycles. The number of aliphatic carboxylic acids is 1. The molecule has 5 heteroatoms. The number of hydrogen-bond donors (Lipinski definition) is 1. The molecule has 2 saturated heterocycles. The molecule has 0 aromatic rings. The number of carbonyl (C=O) groups excluding carboxylic acids is 1. The highest BCUT2D eigenvalue weighted by molar-refractivity contribution is 5.82. The lowest BCUT2D eigenvalue weighted by Gasteiger charge is -2.34. The Hall–Kier alpha value is -1.10. The average molecular weight is 323 g/mol. The molecule has 2 heterocycles. The summed E-state index contributed by atoms with van der Waals surface area (Å²) in [7, 11) is 0. The molecule has 0 bridgehead atoms. The number of carboxylic acids is 1. The molecule has 5 nitrogen and oxygen atoms in total. The van der Waals surface area contributed by atoms with Crippen LogP contribution >= 0.6 is 0 Å². The number of amides is 1. The van der Waals surface area contributed by atoms with E-state index in [1.54, 1.807) is 0 Å². The number of nitrogens with zero attached hydrogens (tertiary/aromatic N) is 1. The number of hydrogen-bond acceptors (Lipinski definition) is 3. The summed E-state index contributed by atoms with van der Waals surface area (Å²) in [5.41, 5.74) is -0.778. The maximum atomic E-state index is 13.0. The first-order valence-corrected chi connectivity index (χ1v) is 9.16. The Morgan fingerprint density at radius 2 is 2.09 bits per heavy atom. The third kappa shape index (κ3) is 3.12. The highest BCUT2D eigenvalue weighted by Crippen LogP contribution is 2.43. The van der Waals surface area contributed by atoms with Crippen LogP contribution in [0.25, 0.3) is 0 Å². The van der Waals surface area contributed by atoms with E-state index in [-0.39, 0.29) is 17.7 Å². The van der Waals surface area contributed by atoms with Crippen molar-refractivity contribution in [1.82, 2.24) is 4.90 Å². The lowest BCUT2D eigenvalue weighted by Crippen LogP contribution is -2.45. The van der Waals surface area contributed by atoms with E-state index >= 15 is 0 Å². The minimum absolute atomic E-state index is 0.0540. The maximum Gasteiger partial charge on any atom is 0.311 e. The quantitative estimate of drug-likeness (QED) is 0.844. The van der Waals surface area contributed by atoms with Crippen molar-refractivity contribution in [3.63, 3.8) is 0 Å². The Morgan fingerprint density at radius 1 is 1.35 bits per heavy atom. The Balaban J connectivity index is 1.68. The molecule has 0 aromatic heterocycles. The average Bonchev–Trinajstić information content (AvgIpc) is 3.19. The first-order chi connectivity index (χ1) is 11.1. The predicted molar refractivity (Wildman–Crippen MR) is 85.9 cm³/mol. The van der Waals surface area contributed by atoms with E-state index in [2.05, 4.69) is 6.92 Å². The number of fused-ring (bicyclic) bond motifs is 1. The second-order valence-corrected chi connectivity index (χ2v) is 7.69. The van der Waals surface area contributed by atoms with Crippen molar-refractivity contribution >= 4 is 11.9 Å². The summed E-state index contributed by atoms with van der Waals surface area (Å²) in [5.74, 6) is 0.108. The summed E-state index contributed by atoms with van der Waals surface area (Å²) in [6.45, 7) is 3.96. The van der Waals surface area contributed by atoms with E-state index in [1.165, 1.54) is 25.7 Å². The molecule has 1 amide bonds. The number of carboxylic acid groups (broad SMARTS) is 1. The zero-order chi connectivity index (χ0) is 16.4. The van der Waals surface area contributed by atoms with Gasteiger partial charge in [-0.2, -0.15) is 0 Å². The highest BCUT2D eigenvalue weighted by Gasteiger charge is 2.55. The van der Waals surface area contributed by atoms with Gasteiger partial charge in [-0.05, 0) is 25.2 Å². The van der Waals surface area contributed by atoms with Gasteiger partial charge in [0.2, 0.25) is 5.91 Å².